The van der Waals surface area contributed by atoms with E-state index in [9.17, 15) is 17.6 Å². The molecule has 3 nitrogen and oxygen atoms in total. The Balaban J connectivity index is 1.58. The maximum absolute atomic E-state index is 14.6. The van der Waals surface area contributed by atoms with Crippen LogP contribution >= 0.6 is 0 Å². The van der Waals surface area contributed by atoms with Crippen LogP contribution in [0.15, 0.2) is 24.3 Å². The van der Waals surface area contributed by atoms with Gasteiger partial charge >= 0.3 is 0 Å². The van der Waals surface area contributed by atoms with E-state index in [2.05, 4.69) is 18.8 Å². The first-order valence-corrected chi connectivity index (χ1v) is 10.7. The standard InChI is InChI=1S/C25H26F4O3/c1-3-4-5-6-13-30-20-11-10-19(24(28)25(20)29)18-14-31-21(32-15-18)12-9-17-8-7-16(2)22(26)23(17)27/h7-8,10-11,18,21H,3-6,13-15H2,1-2H3. The zero-order valence-electron chi connectivity index (χ0n) is 18.2. The van der Waals surface area contributed by atoms with Crippen LogP contribution in [0.25, 0.3) is 0 Å². The van der Waals surface area contributed by atoms with Crippen molar-refractivity contribution >= 4 is 0 Å². The molecule has 32 heavy (non-hydrogen) atoms. The van der Waals surface area contributed by atoms with Gasteiger partial charge in [0.05, 0.1) is 25.4 Å². The van der Waals surface area contributed by atoms with Gasteiger partial charge in [0.25, 0.3) is 0 Å². The molecule has 0 amide bonds. The van der Waals surface area contributed by atoms with Crippen LogP contribution in [0.5, 0.6) is 5.75 Å². The topological polar surface area (TPSA) is 27.7 Å². The first-order chi connectivity index (χ1) is 15.4. The van der Waals surface area contributed by atoms with Crippen molar-refractivity contribution in [2.24, 2.45) is 0 Å². The summed E-state index contributed by atoms with van der Waals surface area (Å²) in [4.78, 5) is 0. The summed E-state index contributed by atoms with van der Waals surface area (Å²) in [6, 6.07) is 5.68. The van der Waals surface area contributed by atoms with E-state index in [0.29, 0.717) is 6.61 Å². The summed E-state index contributed by atoms with van der Waals surface area (Å²) < 4.78 is 72.8. The minimum absolute atomic E-state index is 0.0394. The van der Waals surface area contributed by atoms with E-state index in [1.807, 2.05) is 0 Å². The third kappa shape index (κ3) is 5.81. The van der Waals surface area contributed by atoms with Crippen molar-refractivity contribution in [2.75, 3.05) is 19.8 Å². The Kier molecular flexibility index (Phi) is 8.54. The maximum Gasteiger partial charge on any atom is 0.222 e. The lowest BCUT2D eigenvalue weighted by Gasteiger charge is -2.27. The van der Waals surface area contributed by atoms with Crippen molar-refractivity contribution in [3.8, 4) is 17.6 Å². The van der Waals surface area contributed by atoms with Crippen molar-refractivity contribution in [3.63, 3.8) is 0 Å². The number of unbranched alkanes of at least 4 members (excludes halogenated alkanes) is 3. The third-order valence-electron chi connectivity index (χ3n) is 5.27. The predicted molar refractivity (Wildman–Crippen MR) is 112 cm³/mol. The highest BCUT2D eigenvalue weighted by Crippen LogP contribution is 2.30. The van der Waals surface area contributed by atoms with Crippen LogP contribution in [0.1, 0.15) is 55.2 Å². The molecule has 0 aliphatic carbocycles. The fourth-order valence-corrected chi connectivity index (χ4v) is 3.33. The fraction of sp³-hybridized carbons (Fsp3) is 0.440. The summed E-state index contributed by atoms with van der Waals surface area (Å²) in [5.41, 5.74) is 0.197. The second kappa shape index (κ2) is 11.3. The van der Waals surface area contributed by atoms with Crippen molar-refractivity contribution < 1.29 is 31.8 Å². The van der Waals surface area contributed by atoms with Gasteiger partial charge < -0.3 is 14.2 Å². The van der Waals surface area contributed by atoms with Gasteiger partial charge in [-0.15, -0.1) is 0 Å². The Morgan fingerprint density at radius 2 is 1.66 bits per heavy atom. The van der Waals surface area contributed by atoms with Gasteiger partial charge in [0, 0.05) is 5.92 Å². The average molecular weight is 450 g/mol. The fourth-order valence-electron chi connectivity index (χ4n) is 3.33. The summed E-state index contributed by atoms with van der Waals surface area (Å²) in [5.74, 6) is 0.431. The normalized spacial score (nSPS) is 18.2. The van der Waals surface area contributed by atoms with Gasteiger partial charge in [-0.3, -0.25) is 0 Å². The van der Waals surface area contributed by atoms with Gasteiger partial charge in [-0.1, -0.05) is 44.2 Å². The maximum atomic E-state index is 14.6. The van der Waals surface area contributed by atoms with E-state index in [4.69, 9.17) is 14.2 Å². The van der Waals surface area contributed by atoms with Crippen LogP contribution in [-0.4, -0.2) is 26.1 Å². The van der Waals surface area contributed by atoms with E-state index >= 15 is 0 Å². The highest BCUT2D eigenvalue weighted by molar-refractivity contribution is 5.39. The molecule has 3 rings (SSSR count). The van der Waals surface area contributed by atoms with Crippen LogP contribution in [0.3, 0.4) is 0 Å². The monoisotopic (exact) mass is 450 g/mol. The van der Waals surface area contributed by atoms with Crippen LogP contribution in [0, 0.1) is 42.0 Å². The second-order valence-electron chi connectivity index (χ2n) is 7.71. The van der Waals surface area contributed by atoms with Gasteiger partial charge in [-0.25, -0.2) is 13.2 Å². The quantitative estimate of drug-likeness (QED) is 0.293. The first kappa shape index (κ1) is 24.1. The molecule has 1 heterocycles. The summed E-state index contributed by atoms with van der Waals surface area (Å²) in [6.07, 6.45) is 2.93. The van der Waals surface area contributed by atoms with Crippen molar-refractivity contribution in [1.29, 1.82) is 0 Å². The van der Waals surface area contributed by atoms with E-state index in [0.717, 1.165) is 25.7 Å². The highest BCUT2D eigenvalue weighted by atomic mass is 19.2. The number of rotatable bonds is 7. The minimum atomic E-state index is -1.03. The molecule has 0 unspecified atom stereocenters. The zero-order chi connectivity index (χ0) is 23.1. The summed E-state index contributed by atoms with van der Waals surface area (Å²) in [6.45, 7) is 3.96. The Hall–Kier alpha value is -2.56. The lowest BCUT2D eigenvalue weighted by molar-refractivity contribution is -0.154. The third-order valence-corrected chi connectivity index (χ3v) is 5.27. The summed E-state index contributed by atoms with van der Waals surface area (Å²) >= 11 is 0. The molecule has 1 aliphatic rings. The van der Waals surface area contributed by atoms with Crippen LogP contribution in [0.2, 0.25) is 0 Å². The van der Waals surface area contributed by atoms with Crippen molar-refractivity contribution in [2.45, 2.75) is 51.7 Å². The molecule has 0 aromatic heterocycles. The number of halogens is 4. The van der Waals surface area contributed by atoms with Gasteiger partial charge in [-0.2, -0.15) is 4.39 Å². The molecule has 0 N–H and O–H groups in total. The molecule has 7 heteroatoms. The Bertz CT molecular complexity index is 989. The molecule has 1 fully saturated rings. The van der Waals surface area contributed by atoms with E-state index in [1.54, 1.807) is 0 Å². The Labute approximate surface area is 185 Å². The number of hydrogen-bond acceptors (Lipinski definition) is 3. The molecule has 1 aliphatic heterocycles. The first-order valence-electron chi connectivity index (χ1n) is 10.7. The van der Waals surface area contributed by atoms with E-state index in [1.165, 1.54) is 31.2 Å². The average Bonchev–Trinajstić information content (AvgIpc) is 2.80. The number of benzene rings is 2. The van der Waals surface area contributed by atoms with Gasteiger partial charge in [0.1, 0.15) is 0 Å². The van der Waals surface area contributed by atoms with Crippen LogP contribution in [-0.2, 0) is 9.47 Å². The highest BCUT2D eigenvalue weighted by Gasteiger charge is 2.27. The Morgan fingerprint density at radius 3 is 2.38 bits per heavy atom. The SMILES string of the molecule is CCCCCCOc1ccc(C2COC(C#Cc3ccc(C)c(F)c3F)OC2)c(F)c1F. The molecule has 0 saturated carbocycles. The summed E-state index contributed by atoms with van der Waals surface area (Å²) in [7, 11) is 0. The van der Waals surface area contributed by atoms with Crippen LogP contribution in [0.4, 0.5) is 17.6 Å². The predicted octanol–water partition coefficient (Wildman–Crippen LogP) is 6.02. The second-order valence-corrected chi connectivity index (χ2v) is 7.71. The lowest BCUT2D eigenvalue weighted by atomic mass is 9.99. The van der Waals surface area contributed by atoms with Gasteiger partial charge in [0.2, 0.25) is 12.1 Å². The van der Waals surface area contributed by atoms with E-state index < -0.39 is 35.5 Å². The van der Waals surface area contributed by atoms with Gasteiger partial charge in [-0.05, 0) is 42.5 Å². The molecule has 1 saturated heterocycles. The molecule has 2 aromatic rings. The largest absolute Gasteiger partial charge is 0.490 e. The minimum Gasteiger partial charge on any atom is -0.490 e. The zero-order valence-corrected chi connectivity index (χ0v) is 18.2. The van der Waals surface area contributed by atoms with Crippen molar-refractivity contribution in [1.82, 2.24) is 0 Å². The molecule has 2 aromatic carbocycles. The van der Waals surface area contributed by atoms with Crippen LogP contribution < -0.4 is 4.74 Å². The number of aryl methyl sites for hydroxylation is 1. The molecule has 0 bridgehead atoms. The number of hydrogen-bond donors (Lipinski definition) is 0. The lowest BCUT2D eigenvalue weighted by Crippen LogP contribution is -2.30. The van der Waals surface area contributed by atoms with Gasteiger partial charge in [0.15, 0.2) is 23.2 Å². The molecule has 172 valence electrons. The molecule has 0 atom stereocenters. The Morgan fingerprint density at radius 1 is 0.906 bits per heavy atom. The number of ether oxygens (including phenoxy) is 3. The summed E-state index contributed by atoms with van der Waals surface area (Å²) in [5, 5.41) is 0. The molecule has 0 spiro atoms. The molecular formula is C25H26F4O3. The molecular weight excluding hydrogens is 424 g/mol. The van der Waals surface area contributed by atoms with E-state index in [-0.39, 0.29) is 35.7 Å². The van der Waals surface area contributed by atoms with Crippen molar-refractivity contribution in [3.05, 3.63) is 64.2 Å². The molecule has 0 radical (unpaired) electrons. The smallest absolute Gasteiger partial charge is 0.222 e.